The number of hydrogen-bond acceptors (Lipinski definition) is 8. The van der Waals surface area contributed by atoms with Crippen molar-refractivity contribution in [3.05, 3.63) is 5.82 Å². The Bertz CT molecular complexity index is 728. The number of aliphatic hydroxyl groups excluding tert-OH is 1. The molecule has 0 aliphatic carbocycles. The Morgan fingerprint density at radius 2 is 2.04 bits per heavy atom. The largest absolute Gasteiger partial charge is 0.421 e. The number of piperidine rings is 1. The van der Waals surface area contributed by atoms with Gasteiger partial charge in [-0.05, 0) is 26.7 Å². The first-order valence-electron chi connectivity index (χ1n) is 7.48. The molecule has 1 aliphatic rings. The van der Waals surface area contributed by atoms with Gasteiger partial charge in [-0.1, -0.05) is 0 Å². The topological polar surface area (TPSA) is 117 Å². The van der Waals surface area contributed by atoms with E-state index in [0.717, 1.165) is 19.4 Å². The first kappa shape index (κ1) is 15.9. The summed E-state index contributed by atoms with van der Waals surface area (Å²) in [4.78, 5) is 10.8. The molecule has 0 amide bonds. The van der Waals surface area contributed by atoms with E-state index in [2.05, 4.69) is 15.1 Å². The lowest BCUT2D eigenvalue weighted by Gasteiger charge is -2.37. The minimum atomic E-state index is -1.98. The van der Waals surface area contributed by atoms with Crippen LogP contribution in [0.1, 0.15) is 25.6 Å². The van der Waals surface area contributed by atoms with E-state index >= 15 is 0 Å². The summed E-state index contributed by atoms with van der Waals surface area (Å²) in [5.74, 6) is 1.20. The van der Waals surface area contributed by atoms with Gasteiger partial charge in [0.05, 0.1) is 5.60 Å². The average Bonchev–Trinajstić information content (AvgIpc) is 2.72. The molecule has 1 atom stereocenters. The van der Waals surface area contributed by atoms with Crippen molar-refractivity contribution in [3.8, 4) is 5.88 Å². The lowest BCUT2D eigenvalue weighted by atomic mass is 9.95. The molecule has 0 bridgehead atoms. The molecule has 2 aromatic heterocycles. The number of fused-ring (bicyclic) bond motifs is 1. The van der Waals surface area contributed by atoms with E-state index in [9.17, 15) is 5.11 Å². The van der Waals surface area contributed by atoms with Crippen molar-refractivity contribution in [2.24, 2.45) is 7.05 Å². The number of aryl methyl sites for hydroxylation is 2. The van der Waals surface area contributed by atoms with Crippen LogP contribution in [0.5, 0.6) is 5.88 Å². The Hall–Kier alpha value is -1.97. The summed E-state index contributed by atoms with van der Waals surface area (Å²) in [5, 5.41) is 33.2. The monoisotopic (exact) mass is 323 g/mol. The van der Waals surface area contributed by atoms with E-state index in [1.54, 1.807) is 20.9 Å². The van der Waals surface area contributed by atoms with Gasteiger partial charge < -0.3 is 25.0 Å². The summed E-state index contributed by atoms with van der Waals surface area (Å²) >= 11 is 0. The minimum absolute atomic E-state index is 0.0534. The van der Waals surface area contributed by atoms with Crippen LogP contribution >= 0.6 is 0 Å². The van der Waals surface area contributed by atoms with Crippen molar-refractivity contribution < 1.29 is 20.1 Å². The van der Waals surface area contributed by atoms with Crippen LogP contribution in [0.4, 0.5) is 5.82 Å². The van der Waals surface area contributed by atoms with Crippen LogP contribution < -0.4 is 9.64 Å². The van der Waals surface area contributed by atoms with Gasteiger partial charge in [0.2, 0.25) is 0 Å². The zero-order chi connectivity index (χ0) is 16.8. The maximum absolute atomic E-state index is 10.4. The molecule has 3 N–H and O–H groups in total. The highest BCUT2D eigenvalue weighted by molar-refractivity contribution is 5.92. The SMILES string of the molecule is Cc1nc(N2CCC[C@](C)(O)C2)c2c(OC(O)O)nn(C)c2n1. The molecule has 0 radical (unpaired) electrons. The molecule has 23 heavy (non-hydrogen) atoms. The van der Waals surface area contributed by atoms with E-state index in [4.69, 9.17) is 14.9 Å². The van der Waals surface area contributed by atoms with E-state index < -0.39 is 12.1 Å². The molecule has 9 nitrogen and oxygen atoms in total. The maximum Gasteiger partial charge on any atom is 0.312 e. The van der Waals surface area contributed by atoms with Crippen molar-refractivity contribution in [2.45, 2.75) is 38.8 Å². The molecule has 1 aliphatic heterocycles. The van der Waals surface area contributed by atoms with Gasteiger partial charge in [-0.2, -0.15) is 0 Å². The van der Waals surface area contributed by atoms with Gasteiger partial charge in [0.25, 0.3) is 5.88 Å². The van der Waals surface area contributed by atoms with Gasteiger partial charge in [0.1, 0.15) is 17.0 Å². The fraction of sp³-hybridized carbons (Fsp3) is 0.643. The number of nitrogens with zero attached hydrogens (tertiary/aromatic N) is 5. The number of anilines is 1. The Morgan fingerprint density at radius 3 is 2.70 bits per heavy atom. The molecule has 0 spiro atoms. The molecule has 9 heteroatoms. The zero-order valence-corrected chi connectivity index (χ0v) is 13.4. The van der Waals surface area contributed by atoms with Crippen LogP contribution in [-0.2, 0) is 7.05 Å². The van der Waals surface area contributed by atoms with Crippen LogP contribution in [-0.4, -0.2) is 60.2 Å². The lowest BCUT2D eigenvalue weighted by Crippen LogP contribution is -2.46. The highest BCUT2D eigenvalue weighted by Crippen LogP contribution is 2.34. The van der Waals surface area contributed by atoms with Crippen LogP contribution in [0, 0.1) is 6.92 Å². The highest BCUT2D eigenvalue weighted by atomic mass is 16.7. The number of aliphatic hydroxyl groups is 3. The Labute approximate surface area is 133 Å². The molecule has 0 aromatic carbocycles. The summed E-state index contributed by atoms with van der Waals surface area (Å²) in [6.45, 7) is 2.75. The first-order chi connectivity index (χ1) is 10.8. The summed E-state index contributed by atoms with van der Waals surface area (Å²) in [5.41, 5.74) is -0.267. The van der Waals surface area contributed by atoms with Crippen molar-refractivity contribution >= 4 is 16.9 Å². The molecule has 1 fully saturated rings. The van der Waals surface area contributed by atoms with Crippen molar-refractivity contribution in [2.75, 3.05) is 18.0 Å². The maximum atomic E-state index is 10.4. The van der Waals surface area contributed by atoms with Gasteiger partial charge in [0.15, 0.2) is 5.65 Å². The second kappa shape index (κ2) is 5.59. The molecule has 2 aromatic rings. The normalized spacial score (nSPS) is 22.1. The van der Waals surface area contributed by atoms with Gasteiger partial charge >= 0.3 is 6.48 Å². The number of hydrogen-bond donors (Lipinski definition) is 3. The van der Waals surface area contributed by atoms with Gasteiger partial charge in [-0.15, -0.1) is 5.10 Å². The predicted molar refractivity (Wildman–Crippen MR) is 82.0 cm³/mol. The Kier molecular flexibility index (Phi) is 3.86. The van der Waals surface area contributed by atoms with E-state index in [1.165, 1.54) is 4.68 Å². The fourth-order valence-corrected chi connectivity index (χ4v) is 3.01. The third-order valence-electron chi connectivity index (χ3n) is 3.94. The Balaban J connectivity index is 2.14. The third-order valence-corrected chi connectivity index (χ3v) is 3.94. The number of ether oxygens (including phenoxy) is 1. The lowest BCUT2D eigenvalue weighted by molar-refractivity contribution is -0.180. The molecule has 0 saturated carbocycles. The van der Waals surface area contributed by atoms with Crippen molar-refractivity contribution in [3.63, 3.8) is 0 Å². The summed E-state index contributed by atoms with van der Waals surface area (Å²) in [6.07, 6.45) is 1.55. The number of rotatable bonds is 3. The standard InChI is InChI=1S/C14H21N5O4/c1-8-15-10-9(12(17-18(10)3)23-13(20)21)11(16-8)19-6-4-5-14(2,22)7-19/h13,20-22H,4-7H2,1-3H3/t14-/m0/s1. The summed E-state index contributed by atoms with van der Waals surface area (Å²) < 4.78 is 6.49. The molecule has 1 saturated heterocycles. The molecule has 3 rings (SSSR count). The van der Waals surface area contributed by atoms with Crippen LogP contribution in [0.25, 0.3) is 11.0 Å². The summed E-state index contributed by atoms with van der Waals surface area (Å²) in [6, 6.07) is 0. The molecular weight excluding hydrogens is 302 g/mol. The Morgan fingerprint density at radius 1 is 1.30 bits per heavy atom. The highest BCUT2D eigenvalue weighted by Gasteiger charge is 2.32. The zero-order valence-electron chi connectivity index (χ0n) is 13.4. The van der Waals surface area contributed by atoms with Crippen LogP contribution in [0.2, 0.25) is 0 Å². The smallest absolute Gasteiger partial charge is 0.312 e. The van der Waals surface area contributed by atoms with Crippen LogP contribution in [0.3, 0.4) is 0 Å². The third kappa shape index (κ3) is 3.07. The van der Waals surface area contributed by atoms with E-state index in [-0.39, 0.29) is 5.88 Å². The summed E-state index contributed by atoms with van der Waals surface area (Å²) in [7, 11) is 1.70. The second-order valence-electron chi connectivity index (χ2n) is 6.19. The fourth-order valence-electron chi connectivity index (χ4n) is 3.01. The average molecular weight is 323 g/mol. The van der Waals surface area contributed by atoms with E-state index in [1.807, 2.05) is 4.90 Å². The van der Waals surface area contributed by atoms with Crippen molar-refractivity contribution in [1.29, 1.82) is 0 Å². The molecule has 0 unspecified atom stereocenters. The quantitative estimate of drug-likeness (QED) is 0.657. The second-order valence-corrected chi connectivity index (χ2v) is 6.19. The van der Waals surface area contributed by atoms with Gasteiger partial charge in [-0.25, -0.2) is 14.6 Å². The van der Waals surface area contributed by atoms with E-state index in [0.29, 0.717) is 29.2 Å². The predicted octanol–water partition coefficient (Wildman–Crippen LogP) is -0.330. The van der Waals surface area contributed by atoms with Crippen LogP contribution in [0.15, 0.2) is 0 Å². The molecule has 126 valence electrons. The number of aromatic nitrogens is 4. The molecular formula is C14H21N5O4. The number of β-amino-alcohol motifs (C(OH)–C–C–N with tert-alkyl or cyclic N) is 1. The van der Waals surface area contributed by atoms with Gasteiger partial charge in [-0.3, -0.25) is 0 Å². The van der Waals surface area contributed by atoms with Gasteiger partial charge in [0, 0.05) is 20.1 Å². The first-order valence-corrected chi connectivity index (χ1v) is 7.48. The molecule has 3 heterocycles. The minimum Gasteiger partial charge on any atom is -0.421 e. The van der Waals surface area contributed by atoms with Crippen molar-refractivity contribution in [1.82, 2.24) is 19.7 Å².